The number of alkyl halides is 3. The van der Waals surface area contributed by atoms with Crippen LogP contribution in [0.25, 0.3) is 0 Å². The molecule has 0 saturated heterocycles. The van der Waals surface area contributed by atoms with Crippen molar-refractivity contribution in [2.75, 3.05) is 25.4 Å². The van der Waals surface area contributed by atoms with Gasteiger partial charge in [-0.05, 0) is 24.8 Å². The predicted octanol–water partition coefficient (Wildman–Crippen LogP) is 2.36. The zero-order valence-corrected chi connectivity index (χ0v) is 13.1. The van der Waals surface area contributed by atoms with Gasteiger partial charge in [-0.25, -0.2) is 12.7 Å². The third kappa shape index (κ3) is 8.06. The van der Waals surface area contributed by atoms with Crippen LogP contribution in [0.15, 0.2) is 0 Å². The minimum absolute atomic E-state index is 0.228. The first-order chi connectivity index (χ1) is 8.93. The number of halogens is 3. The second kappa shape index (κ2) is 7.61. The predicted molar refractivity (Wildman–Crippen MR) is 73.8 cm³/mol. The summed E-state index contributed by atoms with van der Waals surface area (Å²) in [6, 6.07) is 0. The van der Waals surface area contributed by atoms with Crippen molar-refractivity contribution in [3.8, 4) is 0 Å². The Morgan fingerprint density at radius 3 is 2.15 bits per heavy atom. The van der Waals surface area contributed by atoms with E-state index in [4.69, 9.17) is 5.73 Å². The lowest BCUT2D eigenvalue weighted by molar-refractivity contribution is -0.134. The fourth-order valence-corrected chi connectivity index (χ4v) is 3.47. The molecule has 0 bridgehead atoms. The van der Waals surface area contributed by atoms with E-state index in [1.807, 2.05) is 20.8 Å². The monoisotopic (exact) mass is 318 g/mol. The van der Waals surface area contributed by atoms with Crippen molar-refractivity contribution in [1.82, 2.24) is 4.31 Å². The molecular formula is C12H25F3N2O2S. The van der Waals surface area contributed by atoms with E-state index in [1.54, 1.807) is 0 Å². The van der Waals surface area contributed by atoms with Gasteiger partial charge in [-0.15, -0.1) is 0 Å². The van der Waals surface area contributed by atoms with Gasteiger partial charge in [0.05, 0.1) is 5.75 Å². The van der Waals surface area contributed by atoms with E-state index < -0.39 is 40.2 Å². The largest absolute Gasteiger partial charge is 0.389 e. The number of hydrogen-bond acceptors (Lipinski definition) is 3. The summed E-state index contributed by atoms with van der Waals surface area (Å²) in [4.78, 5) is 0. The fourth-order valence-electron chi connectivity index (χ4n) is 1.69. The molecule has 8 heteroatoms. The van der Waals surface area contributed by atoms with Crippen LogP contribution >= 0.6 is 0 Å². The van der Waals surface area contributed by atoms with Crippen molar-refractivity contribution in [2.45, 2.75) is 46.2 Å². The van der Waals surface area contributed by atoms with Gasteiger partial charge in [0.25, 0.3) is 0 Å². The highest BCUT2D eigenvalue weighted by atomic mass is 32.2. The normalized spacial score (nSPS) is 14.0. The molecule has 0 aliphatic rings. The van der Waals surface area contributed by atoms with E-state index in [-0.39, 0.29) is 6.54 Å². The summed E-state index contributed by atoms with van der Waals surface area (Å²) in [6.07, 6.45) is -5.19. The van der Waals surface area contributed by atoms with Gasteiger partial charge in [0.15, 0.2) is 0 Å². The minimum atomic E-state index is -4.32. The molecule has 0 saturated carbocycles. The van der Waals surface area contributed by atoms with E-state index in [0.717, 1.165) is 0 Å². The highest BCUT2D eigenvalue weighted by Crippen LogP contribution is 2.23. The topological polar surface area (TPSA) is 63.4 Å². The van der Waals surface area contributed by atoms with E-state index >= 15 is 0 Å². The van der Waals surface area contributed by atoms with Gasteiger partial charge in [-0.2, -0.15) is 13.2 Å². The van der Waals surface area contributed by atoms with Crippen LogP contribution in [0.2, 0.25) is 0 Å². The molecule has 0 rings (SSSR count). The average molecular weight is 318 g/mol. The zero-order valence-electron chi connectivity index (χ0n) is 12.3. The second-order valence-corrected chi connectivity index (χ2v) is 7.83. The Labute approximate surface area is 119 Å². The molecule has 0 aromatic rings. The van der Waals surface area contributed by atoms with Crippen LogP contribution in [0.5, 0.6) is 0 Å². The van der Waals surface area contributed by atoms with E-state index in [0.29, 0.717) is 19.5 Å². The van der Waals surface area contributed by atoms with Crippen LogP contribution in [-0.2, 0) is 10.0 Å². The highest BCUT2D eigenvalue weighted by molar-refractivity contribution is 7.89. The van der Waals surface area contributed by atoms with Gasteiger partial charge >= 0.3 is 6.18 Å². The van der Waals surface area contributed by atoms with E-state index in [2.05, 4.69) is 0 Å². The first-order valence-electron chi connectivity index (χ1n) is 6.68. The van der Waals surface area contributed by atoms with Crippen molar-refractivity contribution >= 4 is 10.0 Å². The second-order valence-electron chi connectivity index (χ2n) is 5.74. The summed E-state index contributed by atoms with van der Waals surface area (Å²) in [5, 5.41) is 0. The molecule has 20 heavy (non-hydrogen) atoms. The van der Waals surface area contributed by atoms with Crippen molar-refractivity contribution in [3.05, 3.63) is 0 Å². The van der Waals surface area contributed by atoms with Gasteiger partial charge in [-0.3, -0.25) is 0 Å². The van der Waals surface area contributed by atoms with Crippen molar-refractivity contribution in [1.29, 1.82) is 0 Å². The number of nitrogens with zero attached hydrogens (tertiary/aromatic N) is 1. The standard InChI is InChI=1S/C12H25F3N2O2S/c1-4-7-17(10-11(2,3)9-16)20(18,19)8-5-6-12(13,14)15/h4-10,16H2,1-3H3. The molecule has 0 radical (unpaired) electrons. The third-order valence-corrected chi connectivity index (χ3v) is 4.79. The van der Waals surface area contributed by atoms with Crippen LogP contribution in [0.3, 0.4) is 0 Å². The van der Waals surface area contributed by atoms with Crippen LogP contribution in [0.4, 0.5) is 13.2 Å². The smallest absolute Gasteiger partial charge is 0.330 e. The first-order valence-corrected chi connectivity index (χ1v) is 8.29. The lowest BCUT2D eigenvalue weighted by Crippen LogP contribution is -2.43. The first kappa shape index (κ1) is 19.7. The quantitative estimate of drug-likeness (QED) is 0.710. The maximum atomic E-state index is 12.1. The van der Waals surface area contributed by atoms with E-state index in [1.165, 1.54) is 4.31 Å². The molecule has 0 fully saturated rings. The van der Waals surface area contributed by atoms with Crippen LogP contribution in [-0.4, -0.2) is 44.3 Å². The molecule has 0 spiro atoms. The minimum Gasteiger partial charge on any atom is -0.330 e. The summed E-state index contributed by atoms with van der Waals surface area (Å²) in [7, 11) is -3.67. The van der Waals surface area contributed by atoms with Gasteiger partial charge in [-0.1, -0.05) is 20.8 Å². The zero-order chi connectivity index (χ0) is 16.0. The SMILES string of the molecule is CCCN(CC(C)(C)CN)S(=O)(=O)CCCC(F)(F)F. The van der Waals surface area contributed by atoms with Gasteiger partial charge in [0.2, 0.25) is 10.0 Å². The van der Waals surface area contributed by atoms with Crippen LogP contribution < -0.4 is 5.73 Å². The molecule has 0 aromatic heterocycles. The molecule has 0 amide bonds. The van der Waals surface area contributed by atoms with Crippen LogP contribution in [0, 0.1) is 5.41 Å². The molecular weight excluding hydrogens is 293 g/mol. The van der Waals surface area contributed by atoms with E-state index in [9.17, 15) is 21.6 Å². The Morgan fingerprint density at radius 2 is 1.75 bits per heavy atom. The Kier molecular flexibility index (Phi) is 7.48. The Morgan fingerprint density at radius 1 is 1.20 bits per heavy atom. The molecule has 0 aliphatic heterocycles. The number of hydrogen-bond donors (Lipinski definition) is 1. The molecule has 4 nitrogen and oxygen atoms in total. The molecule has 2 N–H and O–H groups in total. The molecule has 0 heterocycles. The van der Waals surface area contributed by atoms with Crippen molar-refractivity contribution in [3.63, 3.8) is 0 Å². The summed E-state index contributed by atoms with van der Waals surface area (Å²) in [5.74, 6) is -0.479. The lowest BCUT2D eigenvalue weighted by Gasteiger charge is -2.31. The third-order valence-electron chi connectivity index (χ3n) is 2.89. The van der Waals surface area contributed by atoms with Gasteiger partial charge in [0, 0.05) is 19.5 Å². The van der Waals surface area contributed by atoms with Gasteiger partial charge in [0.1, 0.15) is 0 Å². The molecule has 0 aromatic carbocycles. The molecule has 0 aliphatic carbocycles. The average Bonchev–Trinajstić information content (AvgIpc) is 2.26. The summed E-state index contributed by atoms with van der Waals surface area (Å²) in [5.41, 5.74) is 5.18. The summed E-state index contributed by atoms with van der Waals surface area (Å²) < 4.78 is 61.7. The Bertz CT molecular complexity index is 381. The molecule has 0 unspecified atom stereocenters. The van der Waals surface area contributed by atoms with Crippen molar-refractivity contribution in [2.24, 2.45) is 11.1 Å². The lowest BCUT2D eigenvalue weighted by atomic mass is 9.94. The Balaban J connectivity index is 4.72. The van der Waals surface area contributed by atoms with Gasteiger partial charge < -0.3 is 5.73 Å². The maximum Gasteiger partial charge on any atom is 0.389 e. The highest BCUT2D eigenvalue weighted by Gasteiger charge is 2.31. The summed E-state index contributed by atoms with van der Waals surface area (Å²) in [6.45, 7) is 6.34. The Hall–Kier alpha value is -0.340. The molecule has 0 atom stereocenters. The maximum absolute atomic E-state index is 12.1. The van der Waals surface area contributed by atoms with Crippen molar-refractivity contribution < 1.29 is 21.6 Å². The molecule has 122 valence electrons. The number of rotatable bonds is 9. The van der Waals surface area contributed by atoms with Crippen LogP contribution in [0.1, 0.15) is 40.0 Å². The fraction of sp³-hybridized carbons (Fsp3) is 1.00. The number of nitrogens with two attached hydrogens (primary N) is 1. The summed E-state index contributed by atoms with van der Waals surface area (Å²) >= 11 is 0. The number of sulfonamides is 1.